The molecule has 9 aromatic carbocycles. The van der Waals surface area contributed by atoms with Crippen LogP contribution in [0.1, 0.15) is 74.3 Å². The van der Waals surface area contributed by atoms with Crippen LogP contribution in [0.2, 0.25) is 0 Å². The lowest BCUT2D eigenvalue weighted by Gasteiger charge is -2.42. The van der Waals surface area contributed by atoms with Crippen molar-refractivity contribution in [3.8, 4) is 17.1 Å². The van der Waals surface area contributed by atoms with Gasteiger partial charge in [0, 0.05) is 47.8 Å². The van der Waals surface area contributed by atoms with Crippen LogP contribution in [0.4, 0.5) is 0 Å². The highest BCUT2D eigenvalue weighted by molar-refractivity contribution is 9.10. The molecule has 0 aliphatic heterocycles. The first-order valence-electron chi connectivity index (χ1n) is 25.1. The summed E-state index contributed by atoms with van der Waals surface area (Å²) in [5, 5.41) is 9.82. The van der Waals surface area contributed by atoms with Crippen molar-refractivity contribution in [3.63, 3.8) is 0 Å². The fourth-order valence-corrected chi connectivity index (χ4v) is 15.6. The van der Waals surface area contributed by atoms with E-state index in [1.165, 1.54) is 106 Å². The van der Waals surface area contributed by atoms with Gasteiger partial charge < -0.3 is 13.7 Å². The molecule has 362 valence electrons. The van der Waals surface area contributed by atoms with E-state index in [9.17, 15) is 0 Å². The van der Waals surface area contributed by atoms with Crippen LogP contribution in [0.25, 0.3) is 82.5 Å². The standard InChI is InChI=1S/C26H30NP.C22H21N.C18H12BrN.CH4/c1-25(2,3)28(26(4,5)6)24-18-12-11-17-23(24)27-21-15-9-7-13-19(21)20-14-8-10-16-22(20)27;1-2-3-10-17-11-4-7-14-20(17)23-21-15-8-5-12-18(21)19-13-6-9-16-22(19)23;19-15-9-3-6-12-18(15)20-16-10-4-1-7-13(16)14-8-2-5-11-17(14)20;/h7-18H,1-6H3;4-9,11-16H,2-3,10H2,1H3;1-12H;1H4. The third kappa shape index (κ3) is 9.56. The second kappa shape index (κ2) is 21.2. The molecule has 5 heteroatoms. The minimum Gasteiger partial charge on any atom is -0.309 e. The first kappa shape index (κ1) is 50.2. The molecule has 0 N–H and O–H groups in total. The number of para-hydroxylation sites is 9. The van der Waals surface area contributed by atoms with Gasteiger partial charge in [-0.3, -0.25) is 0 Å². The Hall–Kier alpha value is -6.71. The molecule has 0 amide bonds. The van der Waals surface area contributed by atoms with E-state index >= 15 is 0 Å². The van der Waals surface area contributed by atoms with Crippen LogP contribution < -0.4 is 5.30 Å². The smallest absolute Gasteiger partial charge is 0.0604 e. The topological polar surface area (TPSA) is 14.8 Å². The van der Waals surface area contributed by atoms with Crippen LogP contribution in [0.3, 0.4) is 0 Å². The first-order chi connectivity index (χ1) is 34.5. The number of fused-ring (bicyclic) bond motifs is 9. The average molecular weight is 1030 g/mol. The van der Waals surface area contributed by atoms with Gasteiger partial charge in [-0.15, -0.1) is 0 Å². The SMILES string of the molecule is Brc1ccccc1-n1c2ccccc2c2ccccc21.C.CC(C)(C)P(c1ccccc1-n1c2ccccc2c2ccccc21)C(C)(C)C.CCCCc1ccccc1-n1c2ccccc2c2ccccc21. The number of benzene rings is 9. The molecule has 0 saturated carbocycles. The van der Waals surface area contributed by atoms with E-state index in [1.807, 2.05) is 6.07 Å². The van der Waals surface area contributed by atoms with Gasteiger partial charge in [0.05, 0.1) is 44.5 Å². The molecule has 3 aromatic heterocycles. The third-order valence-electron chi connectivity index (χ3n) is 13.6. The summed E-state index contributed by atoms with van der Waals surface area (Å²) in [6.07, 6.45) is 3.59. The molecule has 0 bridgehead atoms. The Labute approximate surface area is 436 Å². The van der Waals surface area contributed by atoms with Crippen molar-refractivity contribution < 1.29 is 0 Å². The molecule has 0 saturated heterocycles. The Morgan fingerprint density at radius 1 is 0.361 bits per heavy atom. The monoisotopic (exact) mass is 1020 g/mol. The minimum absolute atomic E-state index is 0. The van der Waals surface area contributed by atoms with E-state index in [-0.39, 0.29) is 17.7 Å². The average Bonchev–Trinajstić information content (AvgIpc) is 4.02. The Kier molecular flexibility index (Phi) is 14.8. The number of nitrogens with zero attached hydrogens (tertiary/aromatic N) is 3. The summed E-state index contributed by atoms with van der Waals surface area (Å²) in [6, 6.07) is 78.3. The zero-order valence-electron chi connectivity index (χ0n) is 42.1. The molecule has 12 rings (SSSR count). The molecule has 3 heterocycles. The number of unbranched alkanes of at least 4 members (excludes halogenated alkanes) is 1. The van der Waals surface area contributed by atoms with Gasteiger partial charge >= 0.3 is 0 Å². The maximum atomic E-state index is 3.67. The van der Waals surface area contributed by atoms with Gasteiger partial charge in [0.15, 0.2) is 0 Å². The fourth-order valence-electron chi connectivity index (χ4n) is 11.1. The molecular formula is C67H67BrN3P. The molecule has 3 nitrogen and oxygen atoms in total. The molecule has 72 heavy (non-hydrogen) atoms. The van der Waals surface area contributed by atoms with Gasteiger partial charge in [-0.1, -0.05) is 228 Å². The highest BCUT2D eigenvalue weighted by Crippen LogP contribution is 2.59. The van der Waals surface area contributed by atoms with E-state index in [0.717, 1.165) is 10.9 Å². The summed E-state index contributed by atoms with van der Waals surface area (Å²) < 4.78 is 8.32. The van der Waals surface area contributed by atoms with Crippen LogP contribution in [0.5, 0.6) is 0 Å². The Morgan fingerprint density at radius 2 is 0.653 bits per heavy atom. The maximum Gasteiger partial charge on any atom is 0.0604 e. The number of halogens is 1. The van der Waals surface area contributed by atoms with Gasteiger partial charge in [0.25, 0.3) is 0 Å². The molecular weight excluding hydrogens is 958 g/mol. The largest absolute Gasteiger partial charge is 0.309 e. The first-order valence-corrected chi connectivity index (χ1v) is 27.3. The van der Waals surface area contributed by atoms with Crippen LogP contribution in [0.15, 0.2) is 223 Å². The van der Waals surface area contributed by atoms with Gasteiger partial charge in [0.2, 0.25) is 0 Å². The van der Waals surface area contributed by atoms with Crippen molar-refractivity contribution in [3.05, 3.63) is 228 Å². The Morgan fingerprint density at radius 3 is 1.03 bits per heavy atom. The van der Waals surface area contributed by atoms with Crippen LogP contribution in [-0.2, 0) is 6.42 Å². The third-order valence-corrected chi connectivity index (χ3v) is 17.8. The minimum atomic E-state index is -0.395. The van der Waals surface area contributed by atoms with Crippen LogP contribution in [-0.4, -0.2) is 24.0 Å². The normalized spacial score (nSPS) is 11.8. The van der Waals surface area contributed by atoms with E-state index < -0.39 is 7.92 Å². The fraction of sp³-hybridized carbons (Fsp3) is 0.194. The molecule has 0 fully saturated rings. The molecule has 0 aliphatic carbocycles. The van der Waals surface area contributed by atoms with E-state index in [1.54, 1.807) is 0 Å². The predicted octanol–water partition coefficient (Wildman–Crippen LogP) is 19.8. The second-order valence-electron chi connectivity index (χ2n) is 20.5. The quantitative estimate of drug-likeness (QED) is 0.141. The second-order valence-corrected chi connectivity index (χ2v) is 25.1. The number of hydrogen-bond acceptors (Lipinski definition) is 0. The van der Waals surface area contributed by atoms with Gasteiger partial charge in [-0.05, 0) is 105 Å². The lowest BCUT2D eigenvalue weighted by molar-refractivity contribution is 0.714. The molecule has 12 aromatic rings. The summed E-state index contributed by atoms with van der Waals surface area (Å²) in [6.45, 7) is 16.6. The molecule has 0 atom stereocenters. The molecule has 0 radical (unpaired) electrons. The van der Waals surface area contributed by atoms with E-state index in [4.69, 9.17) is 0 Å². The number of hydrogen-bond donors (Lipinski definition) is 0. The maximum absolute atomic E-state index is 3.67. The summed E-state index contributed by atoms with van der Waals surface area (Å²) in [5.74, 6) is 0. The van der Waals surface area contributed by atoms with Crippen LogP contribution >= 0.6 is 23.9 Å². The lowest BCUT2D eigenvalue weighted by Crippen LogP contribution is -2.32. The van der Waals surface area contributed by atoms with Crippen molar-refractivity contribution in [2.75, 3.05) is 0 Å². The van der Waals surface area contributed by atoms with Crippen LogP contribution in [0, 0.1) is 0 Å². The van der Waals surface area contributed by atoms with Crippen molar-refractivity contribution in [1.82, 2.24) is 13.7 Å². The number of rotatable bonds is 7. The van der Waals surface area contributed by atoms with Gasteiger partial charge in [0.1, 0.15) is 0 Å². The highest BCUT2D eigenvalue weighted by atomic mass is 79.9. The van der Waals surface area contributed by atoms with E-state index in [0.29, 0.717) is 0 Å². The summed E-state index contributed by atoms with van der Waals surface area (Å²) in [7, 11) is -0.395. The number of aryl methyl sites for hydroxylation is 1. The molecule has 0 aliphatic rings. The molecule has 0 spiro atoms. The molecule has 0 unspecified atom stereocenters. The predicted molar refractivity (Wildman–Crippen MR) is 321 cm³/mol. The number of aromatic nitrogens is 3. The van der Waals surface area contributed by atoms with Crippen molar-refractivity contribution in [1.29, 1.82) is 0 Å². The Bertz CT molecular complexity index is 3640. The van der Waals surface area contributed by atoms with Gasteiger partial charge in [-0.25, -0.2) is 0 Å². The van der Waals surface area contributed by atoms with Gasteiger partial charge in [-0.2, -0.15) is 0 Å². The van der Waals surface area contributed by atoms with Crippen molar-refractivity contribution in [2.24, 2.45) is 0 Å². The highest BCUT2D eigenvalue weighted by Gasteiger charge is 2.37. The lowest BCUT2D eigenvalue weighted by atomic mass is 10.1. The van der Waals surface area contributed by atoms with Crippen molar-refractivity contribution >= 4 is 94.6 Å². The summed E-state index contributed by atoms with van der Waals surface area (Å²) in [5.41, 5.74) is 12.9. The zero-order chi connectivity index (χ0) is 49.3. The summed E-state index contributed by atoms with van der Waals surface area (Å²) >= 11 is 3.67. The van der Waals surface area contributed by atoms with Crippen molar-refractivity contribution in [2.45, 2.75) is 85.5 Å². The summed E-state index contributed by atoms with van der Waals surface area (Å²) in [4.78, 5) is 0. The zero-order valence-corrected chi connectivity index (χ0v) is 44.6. The Balaban J connectivity index is 0.000000134. The van der Waals surface area contributed by atoms with E-state index in [2.05, 4.69) is 290 Å².